The molecular formula is C9H16ClN5. The van der Waals surface area contributed by atoms with Crippen LogP contribution in [0.3, 0.4) is 0 Å². The summed E-state index contributed by atoms with van der Waals surface area (Å²) in [4.78, 5) is 7.50. The summed E-state index contributed by atoms with van der Waals surface area (Å²) in [6, 6.07) is 0. The molecule has 0 radical (unpaired) electrons. The van der Waals surface area contributed by atoms with Gasteiger partial charge in [-0.15, -0.1) is 0 Å². The number of anilines is 2. The Morgan fingerprint density at radius 2 is 2.13 bits per heavy atom. The van der Waals surface area contributed by atoms with Crippen molar-refractivity contribution in [3.63, 3.8) is 0 Å². The van der Waals surface area contributed by atoms with Crippen molar-refractivity contribution in [1.82, 2.24) is 15.3 Å². The van der Waals surface area contributed by atoms with E-state index in [0.717, 1.165) is 0 Å². The minimum atomic E-state index is 0.216. The molecule has 0 unspecified atom stereocenters. The summed E-state index contributed by atoms with van der Waals surface area (Å²) in [6.07, 6.45) is 4.23. The molecule has 0 aliphatic carbocycles. The van der Waals surface area contributed by atoms with Crippen molar-refractivity contribution in [3.05, 3.63) is 11.2 Å². The predicted octanol–water partition coefficient (Wildman–Crippen LogP) is 1.12. The van der Waals surface area contributed by atoms with E-state index in [1.165, 1.54) is 32.1 Å². The van der Waals surface area contributed by atoms with Crippen LogP contribution in [-0.4, -0.2) is 30.1 Å². The van der Waals surface area contributed by atoms with Gasteiger partial charge in [0.2, 0.25) is 5.95 Å². The first-order valence-corrected chi connectivity index (χ1v) is 5.28. The van der Waals surface area contributed by atoms with E-state index in [1.54, 1.807) is 7.05 Å². The Kier molecular flexibility index (Phi) is 5.14. The van der Waals surface area contributed by atoms with Crippen LogP contribution >= 0.6 is 11.6 Å². The SMILES string of the molecule is C1CCNC1.CNc1nc(N)ncc1Cl. The molecule has 1 aromatic heterocycles. The number of hydrogen-bond acceptors (Lipinski definition) is 5. The largest absolute Gasteiger partial charge is 0.372 e. The quantitative estimate of drug-likeness (QED) is 0.673. The molecule has 0 aromatic carbocycles. The number of rotatable bonds is 1. The fourth-order valence-corrected chi connectivity index (χ4v) is 1.37. The summed E-state index contributed by atoms with van der Waals surface area (Å²) in [6.45, 7) is 2.50. The lowest BCUT2D eigenvalue weighted by molar-refractivity contribution is 0.857. The third-order valence-electron chi connectivity index (χ3n) is 1.96. The van der Waals surface area contributed by atoms with Crippen LogP contribution in [0.2, 0.25) is 5.02 Å². The molecule has 1 aromatic rings. The van der Waals surface area contributed by atoms with Crippen molar-refractivity contribution >= 4 is 23.4 Å². The van der Waals surface area contributed by atoms with Crippen molar-refractivity contribution in [3.8, 4) is 0 Å². The van der Waals surface area contributed by atoms with E-state index < -0.39 is 0 Å². The van der Waals surface area contributed by atoms with Crippen LogP contribution in [0.1, 0.15) is 12.8 Å². The smallest absolute Gasteiger partial charge is 0.222 e. The molecule has 4 N–H and O–H groups in total. The lowest BCUT2D eigenvalue weighted by Crippen LogP contribution is -2.03. The molecule has 0 bridgehead atoms. The van der Waals surface area contributed by atoms with Gasteiger partial charge >= 0.3 is 0 Å². The molecule has 2 heterocycles. The average Bonchev–Trinajstić information content (AvgIpc) is 2.80. The summed E-state index contributed by atoms with van der Waals surface area (Å²) in [5.74, 6) is 0.767. The molecule has 0 saturated carbocycles. The van der Waals surface area contributed by atoms with Gasteiger partial charge in [0.15, 0.2) is 0 Å². The molecule has 1 saturated heterocycles. The first-order chi connectivity index (χ1) is 7.24. The topological polar surface area (TPSA) is 75.9 Å². The van der Waals surface area contributed by atoms with Gasteiger partial charge in [-0.3, -0.25) is 0 Å². The maximum atomic E-state index is 5.65. The highest BCUT2D eigenvalue weighted by molar-refractivity contribution is 6.32. The van der Waals surface area contributed by atoms with E-state index in [2.05, 4.69) is 20.6 Å². The molecule has 84 valence electrons. The number of nitrogens with zero attached hydrogens (tertiary/aromatic N) is 2. The molecular weight excluding hydrogens is 214 g/mol. The minimum Gasteiger partial charge on any atom is -0.372 e. The van der Waals surface area contributed by atoms with Crippen molar-refractivity contribution in [2.24, 2.45) is 0 Å². The van der Waals surface area contributed by atoms with Crippen LogP contribution in [0.5, 0.6) is 0 Å². The van der Waals surface area contributed by atoms with Gasteiger partial charge in [0.05, 0.1) is 6.20 Å². The van der Waals surface area contributed by atoms with Gasteiger partial charge in [-0.05, 0) is 25.9 Å². The first-order valence-electron chi connectivity index (χ1n) is 4.90. The van der Waals surface area contributed by atoms with Crippen molar-refractivity contribution in [1.29, 1.82) is 0 Å². The van der Waals surface area contributed by atoms with Gasteiger partial charge in [-0.1, -0.05) is 11.6 Å². The summed E-state index contributed by atoms with van der Waals surface area (Å²) >= 11 is 5.65. The third-order valence-corrected chi connectivity index (χ3v) is 2.23. The van der Waals surface area contributed by atoms with Gasteiger partial charge in [0, 0.05) is 7.05 Å². The zero-order valence-electron chi connectivity index (χ0n) is 8.76. The van der Waals surface area contributed by atoms with E-state index in [0.29, 0.717) is 10.8 Å². The lowest BCUT2D eigenvalue weighted by atomic mass is 10.4. The van der Waals surface area contributed by atoms with Crippen LogP contribution in [0.4, 0.5) is 11.8 Å². The molecule has 0 spiro atoms. The van der Waals surface area contributed by atoms with Gasteiger partial charge < -0.3 is 16.4 Å². The normalized spacial score (nSPS) is 14.3. The number of hydrogen-bond donors (Lipinski definition) is 3. The van der Waals surface area contributed by atoms with E-state index >= 15 is 0 Å². The Bertz CT molecular complexity index is 293. The van der Waals surface area contributed by atoms with Gasteiger partial charge in [-0.25, -0.2) is 4.98 Å². The van der Waals surface area contributed by atoms with Crippen molar-refractivity contribution in [2.45, 2.75) is 12.8 Å². The third kappa shape index (κ3) is 4.31. The second kappa shape index (κ2) is 6.42. The lowest BCUT2D eigenvalue weighted by Gasteiger charge is -2.00. The molecule has 5 nitrogen and oxygen atoms in total. The minimum absolute atomic E-state index is 0.216. The Balaban J connectivity index is 0.000000187. The standard InChI is InChI=1S/C5H7ClN4.C4H9N/c1-8-4-3(6)2-9-5(7)10-4;1-2-4-5-3-1/h2H,1H3,(H3,7,8,9,10);5H,1-4H2. The fourth-order valence-electron chi connectivity index (χ4n) is 1.18. The summed E-state index contributed by atoms with van der Waals surface area (Å²) < 4.78 is 0. The summed E-state index contributed by atoms with van der Waals surface area (Å²) in [5, 5.41) is 6.46. The zero-order chi connectivity index (χ0) is 11.1. The van der Waals surface area contributed by atoms with Crippen molar-refractivity contribution in [2.75, 3.05) is 31.2 Å². The second-order valence-corrected chi connectivity index (χ2v) is 3.54. The number of nitrogens with one attached hydrogen (secondary N) is 2. The van der Waals surface area contributed by atoms with Gasteiger partial charge in [0.1, 0.15) is 10.8 Å². The Morgan fingerprint density at radius 1 is 1.47 bits per heavy atom. The molecule has 2 rings (SSSR count). The van der Waals surface area contributed by atoms with E-state index in [4.69, 9.17) is 17.3 Å². The number of halogens is 1. The predicted molar refractivity (Wildman–Crippen MR) is 63.1 cm³/mol. The Morgan fingerprint density at radius 3 is 2.53 bits per heavy atom. The fraction of sp³-hybridized carbons (Fsp3) is 0.556. The van der Waals surface area contributed by atoms with Crippen LogP contribution < -0.4 is 16.4 Å². The second-order valence-electron chi connectivity index (χ2n) is 3.13. The van der Waals surface area contributed by atoms with Crippen LogP contribution in [0.15, 0.2) is 6.20 Å². The summed E-state index contributed by atoms with van der Waals surface area (Å²) in [7, 11) is 1.72. The molecule has 1 fully saturated rings. The van der Waals surface area contributed by atoms with Crippen LogP contribution in [-0.2, 0) is 0 Å². The highest BCUT2D eigenvalue weighted by Crippen LogP contribution is 2.16. The molecule has 0 amide bonds. The van der Waals surface area contributed by atoms with Gasteiger partial charge in [0.25, 0.3) is 0 Å². The summed E-state index contributed by atoms with van der Waals surface area (Å²) in [5.41, 5.74) is 5.28. The zero-order valence-corrected chi connectivity index (χ0v) is 9.51. The average molecular weight is 230 g/mol. The monoisotopic (exact) mass is 229 g/mol. The van der Waals surface area contributed by atoms with E-state index in [9.17, 15) is 0 Å². The molecule has 15 heavy (non-hydrogen) atoms. The highest BCUT2D eigenvalue weighted by atomic mass is 35.5. The van der Waals surface area contributed by atoms with E-state index in [-0.39, 0.29) is 5.95 Å². The maximum absolute atomic E-state index is 5.65. The molecule has 6 heteroatoms. The van der Waals surface area contributed by atoms with Crippen molar-refractivity contribution < 1.29 is 0 Å². The number of aromatic nitrogens is 2. The maximum Gasteiger partial charge on any atom is 0.222 e. The van der Waals surface area contributed by atoms with Crippen LogP contribution in [0, 0.1) is 0 Å². The molecule has 1 aliphatic heterocycles. The van der Waals surface area contributed by atoms with Crippen LogP contribution in [0.25, 0.3) is 0 Å². The van der Waals surface area contributed by atoms with Gasteiger partial charge in [-0.2, -0.15) is 4.98 Å². The Hall–Kier alpha value is -1.07. The molecule has 1 aliphatic rings. The first kappa shape index (κ1) is 12.0. The van der Waals surface area contributed by atoms with E-state index in [1.807, 2.05) is 0 Å². The highest BCUT2D eigenvalue weighted by Gasteiger charge is 1.98. The Labute approximate surface area is 94.4 Å². The number of nitrogens with two attached hydrogens (primary N) is 1. The molecule has 0 atom stereocenters. The number of nitrogen functional groups attached to an aromatic ring is 1.